The summed E-state index contributed by atoms with van der Waals surface area (Å²) in [6, 6.07) is 7.70. The van der Waals surface area contributed by atoms with Gasteiger partial charge in [0.25, 0.3) is 0 Å². The van der Waals surface area contributed by atoms with Crippen LogP contribution in [0, 0.1) is 23.2 Å². The summed E-state index contributed by atoms with van der Waals surface area (Å²) >= 11 is 0. The second-order valence-corrected chi connectivity index (χ2v) is 13.3. The van der Waals surface area contributed by atoms with Crippen molar-refractivity contribution in [3.63, 3.8) is 0 Å². The first-order chi connectivity index (χ1) is 16.3. The van der Waals surface area contributed by atoms with Crippen LogP contribution in [-0.4, -0.2) is 60.3 Å². The van der Waals surface area contributed by atoms with E-state index in [1.54, 1.807) is 0 Å². The zero-order chi connectivity index (χ0) is 23.5. The van der Waals surface area contributed by atoms with Crippen LogP contribution in [-0.2, 0) is 16.6 Å². The summed E-state index contributed by atoms with van der Waals surface area (Å²) in [6.07, 6.45) is 8.73. The van der Waals surface area contributed by atoms with E-state index < -0.39 is 5.60 Å². The molecule has 6 aliphatic rings. The molecule has 4 aliphatic carbocycles. The maximum absolute atomic E-state index is 13.3. The summed E-state index contributed by atoms with van der Waals surface area (Å²) in [6.45, 7) is 9.30. The number of hydrogen-bond acceptors (Lipinski definition) is 4. The summed E-state index contributed by atoms with van der Waals surface area (Å²) in [5, 5.41) is 0. The number of amides is 1. The maximum atomic E-state index is 13.3. The minimum atomic E-state index is -0.453. The molecular formula is C29H40N2O3. The second kappa shape index (κ2) is 6.93. The fourth-order valence-electron chi connectivity index (χ4n) is 9.70. The topological polar surface area (TPSA) is 42.0 Å². The van der Waals surface area contributed by atoms with E-state index >= 15 is 0 Å². The molecule has 5 fully saturated rings. The average Bonchev–Trinajstić information content (AvgIpc) is 3.47. The molecule has 2 unspecified atom stereocenters. The van der Waals surface area contributed by atoms with Gasteiger partial charge in [-0.1, -0.05) is 12.1 Å². The molecule has 5 heteroatoms. The second-order valence-electron chi connectivity index (χ2n) is 13.3. The number of piperidine rings is 1. The van der Waals surface area contributed by atoms with Crippen molar-refractivity contribution in [2.75, 3.05) is 26.7 Å². The monoisotopic (exact) mass is 464 g/mol. The Bertz CT molecular complexity index is 1030. The van der Waals surface area contributed by atoms with Crippen molar-refractivity contribution in [3.05, 3.63) is 29.3 Å². The third-order valence-electron chi connectivity index (χ3n) is 10.6. The lowest BCUT2D eigenvalue weighted by atomic mass is 9.43. The Morgan fingerprint density at radius 1 is 1.18 bits per heavy atom. The van der Waals surface area contributed by atoms with E-state index in [-0.39, 0.29) is 11.5 Å². The maximum Gasteiger partial charge on any atom is 0.410 e. The van der Waals surface area contributed by atoms with Crippen molar-refractivity contribution >= 4 is 6.09 Å². The quantitative estimate of drug-likeness (QED) is 0.631. The van der Waals surface area contributed by atoms with Gasteiger partial charge in [-0.05, 0) is 107 Å². The molecule has 0 aromatic heterocycles. The van der Waals surface area contributed by atoms with Gasteiger partial charge in [-0.25, -0.2) is 4.79 Å². The van der Waals surface area contributed by atoms with E-state index in [1.807, 2.05) is 27.9 Å². The Kier molecular flexibility index (Phi) is 4.39. The minimum Gasteiger partial charge on any atom is -0.496 e. The molecule has 34 heavy (non-hydrogen) atoms. The number of carbonyl (C=O) groups is 1. The lowest BCUT2D eigenvalue weighted by Gasteiger charge is -2.66. The largest absolute Gasteiger partial charge is 0.496 e. The summed E-state index contributed by atoms with van der Waals surface area (Å²) in [5.74, 6) is 3.11. The van der Waals surface area contributed by atoms with Crippen LogP contribution < -0.4 is 4.74 Å². The van der Waals surface area contributed by atoms with Crippen LogP contribution in [0.2, 0.25) is 0 Å². The number of ether oxygens (including phenoxy) is 2. The number of fused-ring (bicyclic) bond motifs is 1. The number of nitrogens with zero attached hydrogens (tertiary/aromatic N) is 2. The first-order valence-electron chi connectivity index (χ1n) is 13.7. The molecule has 4 bridgehead atoms. The van der Waals surface area contributed by atoms with E-state index in [0.29, 0.717) is 29.3 Å². The van der Waals surface area contributed by atoms with Crippen molar-refractivity contribution in [3.8, 4) is 5.75 Å². The van der Waals surface area contributed by atoms with Crippen LogP contribution in [0.3, 0.4) is 0 Å². The molecule has 0 N–H and O–H groups in total. The van der Waals surface area contributed by atoms with Gasteiger partial charge in [0.1, 0.15) is 11.4 Å². The zero-order valence-electron chi connectivity index (χ0n) is 21.3. The molecule has 0 radical (unpaired) electrons. The van der Waals surface area contributed by atoms with Crippen molar-refractivity contribution < 1.29 is 14.3 Å². The first kappa shape index (κ1) is 21.5. The Morgan fingerprint density at radius 3 is 2.74 bits per heavy atom. The SMILES string of the molecule is COc1cccc2c1[C@]13CCN(CC4CC4)[C@H](C2)[C@]12CCC1C3[C@@H](CN1C(=O)OC(C)(C)C)C2. The van der Waals surface area contributed by atoms with Gasteiger partial charge < -0.3 is 14.4 Å². The van der Waals surface area contributed by atoms with Crippen LogP contribution >= 0.6 is 0 Å². The van der Waals surface area contributed by atoms with Gasteiger partial charge in [-0.2, -0.15) is 0 Å². The fraction of sp³-hybridized carbons (Fsp3) is 0.759. The molecule has 3 saturated carbocycles. The normalized spacial score (nSPS) is 40.1. The number of rotatable bonds is 3. The van der Waals surface area contributed by atoms with Crippen molar-refractivity contribution in [2.45, 2.75) is 88.8 Å². The highest BCUT2D eigenvalue weighted by atomic mass is 16.6. The molecule has 2 saturated heterocycles. The fourth-order valence-corrected chi connectivity index (χ4v) is 9.70. The highest BCUT2D eigenvalue weighted by Crippen LogP contribution is 2.76. The highest BCUT2D eigenvalue weighted by molar-refractivity contribution is 5.70. The summed E-state index contributed by atoms with van der Waals surface area (Å²) < 4.78 is 12.0. The standard InChI is InChI=1S/C29H40N2O3/c1-27(2,3)34-26(32)31-17-20-15-28-11-10-21(31)24(20)29(28)12-13-30(16-18-8-9-18)23(28)14-19-6-5-7-22(33-4)25(19)29/h5-7,18,20-21,23-24H,8-17H2,1-4H3/t20-,21?,23-,24?,28-,29-/m1/s1. The Balaban J connectivity index is 1.35. The molecule has 184 valence electrons. The number of methoxy groups -OCH3 is 1. The van der Waals surface area contributed by atoms with Crippen LogP contribution in [0.1, 0.15) is 70.4 Å². The van der Waals surface area contributed by atoms with Crippen LogP contribution in [0.4, 0.5) is 4.79 Å². The molecule has 0 spiro atoms. The average molecular weight is 465 g/mol. The molecule has 2 aliphatic heterocycles. The van der Waals surface area contributed by atoms with Gasteiger partial charge >= 0.3 is 6.09 Å². The lowest BCUT2D eigenvalue weighted by Crippen LogP contribution is -2.70. The van der Waals surface area contributed by atoms with Gasteiger partial charge in [-0.15, -0.1) is 0 Å². The van der Waals surface area contributed by atoms with Gasteiger partial charge in [0.2, 0.25) is 0 Å². The Hall–Kier alpha value is -1.75. The molecule has 6 atom stereocenters. The number of carbonyl (C=O) groups excluding carboxylic acids is 1. The van der Waals surface area contributed by atoms with Gasteiger partial charge in [-0.3, -0.25) is 4.90 Å². The van der Waals surface area contributed by atoms with E-state index in [2.05, 4.69) is 28.0 Å². The van der Waals surface area contributed by atoms with Crippen molar-refractivity contribution in [1.82, 2.24) is 9.80 Å². The van der Waals surface area contributed by atoms with Crippen molar-refractivity contribution in [2.24, 2.45) is 23.2 Å². The molecule has 2 heterocycles. The number of likely N-dealkylation sites (tertiary alicyclic amines) is 2. The molecule has 7 rings (SSSR count). The summed E-state index contributed by atoms with van der Waals surface area (Å²) in [7, 11) is 1.85. The summed E-state index contributed by atoms with van der Waals surface area (Å²) in [4.78, 5) is 18.4. The zero-order valence-corrected chi connectivity index (χ0v) is 21.3. The predicted octanol–water partition coefficient (Wildman–Crippen LogP) is 5.01. The van der Waals surface area contributed by atoms with E-state index in [1.165, 1.54) is 62.7 Å². The van der Waals surface area contributed by atoms with Gasteiger partial charge in [0.05, 0.1) is 7.11 Å². The number of hydrogen-bond donors (Lipinski definition) is 0. The van der Waals surface area contributed by atoms with Crippen LogP contribution in [0.25, 0.3) is 0 Å². The van der Waals surface area contributed by atoms with Crippen LogP contribution in [0.5, 0.6) is 5.75 Å². The predicted molar refractivity (Wildman–Crippen MR) is 131 cm³/mol. The molecule has 1 aromatic rings. The Morgan fingerprint density at radius 2 is 2.00 bits per heavy atom. The smallest absolute Gasteiger partial charge is 0.410 e. The van der Waals surface area contributed by atoms with Gasteiger partial charge in [0.15, 0.2) is 0 Å². The van der Waals surface area contributed by atoms with E-state index in [0.717, 1.165) is 24.6 Å². The van der Waals surface area contributed by atoms with Crippen LogP contribution in [0.15, 0.2) is 18.2 Å². The molecule has 1 aromatic carbocycles. The number of benzene rings is 1. The molecular weight excluding hydrogens is 424 g/mol. The third-order valence-corrected chi connectivity index (χ3v) is 10.6. The van der Waals surface area contributed by atoms with Crippen molar-refractivity contribution in [1.29, 1.82) is 0 Å². The molecule has 1 amide bonds. The Labute approximate surface area is 204 Å². The van der Waals surface area contributed by atoms with E-state index in [9.17, 15) is 4.79 Å². The minimum absolute atomic E-state index is 0.102. The highest BCUT2D eigenvalue weighted by Gasteiger charge is 2.77. The van der Waals surface area contributed by atoms with E-state index in [4.69, 9.17) is 9.47 Å². The first-order valence-corrected chi connectivity index (χ1v) is 13.7. The molecule has 5 nitrogen and oxygen atoms in total. The summed E-state index contributed by atoms with van der Waals surface area (Å²) in [5.41, 5.74) is 3.03. The van der Waals surface area contributed by atoms with Gasteiger partial charge in [0, 0.05) is 36.2 Å². The third kappa shape index (κ3) is 2.68. The lowest BCUT2D eigenvalue weighted by molar-refractivity contribution is -0.105.